The number of nitrogens with one attached hydrogen (secondary N) is 1. The number of methoxy groups -OCH3 is 1. The van der Waals surface area contributed by atoms with Gasteiger partial charge in [0.05, 0.1) is 12.1 Å². The van der Waals surface area contributed by atoms with E-state index in [1.807, 2.05) is 19.9 Å². The quantitative estimate of drug-likeness (QED) is 0.762. The van der Waals surface area contributed by atoms with Crippen LogP contribution < -0.4 is 10.2 Å². The summed E-state index contributed by atoms with van der Waals surface area (Å²) in [6, 6.07) is 1.95. The van der Waals surface area contributed by atoms with Crippen molar-refractivity contribution < 1.29 is 9.94 Å². The molecule has 0 bridgehead atoms. The van der Waals surface area contributed by atoms with Crippen LogP contribution in [-0.2, 0) is 6.54 Å². The molecule has 4 heteroatoms. The molecular formula is C10H14ClNO2. The highest BCUT2D eigenvalue weighted by Crippen LogP contribution is 2.33. The zero-order valence-electron chi connectivity index (χ0n) is 8.52. The first kappa shape index (κ1) is 11.3. The topological polar surface area (TPSA) is 41.5 Å². The van der Waals surface area contributed by atoms with Gasteiger partial charge < -0.3 is 9.94 Å². The third-order valence-corrected chi connectivity index (χ3v) is 2.69. The molecule has 1 aromatic carbocycles. The summed E-state index contributed by atoms with van der Waals surface area (Å²) in [5, 5.41) is 9.24. The Kier molecular flexibility index (Phi) is 3.75. The van der Waals surface area contributed by atoms with Crippen LogP contribution in [0.5, 0.6) is 5.75 Å². The van der Waals surface area contributed by atoms with Gasteiger partial charge in [-0.1, -0.05) is 17.7 Å². The molecule has 0 saturated heterocycles. The molecule has 1 aromatic rings. The highest BCUT2D eigenvalue weighted by atomic mass is 35.5. The van der Waals surface area contributed by atoms with Crippen LogP contribution in [0.25, 0.3) is 0 Å². The van der Waals surface area contributed by atoms with E-state index in [2.05, 4.69) is 5.48 Å². The Hall–Kier alpha value is -0.770. The summed E-state index contributed by atoms with van der Waals surface area (Å²) < 4.78 is 5.17. The first-order chi connectivity index (χ1) is 6.61. The summed E-state index contributed by atoms with van der Waals surface area (Å²) in [5.74, 6) is 0.700. The van der Waals surface area contributed by atoms with Crippen LogP contribution in [0.4, 0.5) is 0 Å². The Morgan fingerprint density at radius 1 is 1.50 bits per heavy atom. The predicted molar refractivity (Wildman–Crippen MR) is 56.1 cm³/mol. The van der Waals surface area contributed by atoms with Gasteiger partial charge in [-0.2, -0.15) is 0 Å². The van der Waals surface area contributed by atoms with Crippen LogP contribution in [0.1, 0.15) is 16.7 Å². The summed E-state index contributed by atoms with van der Waals surface area (Å²) in [7, 11) is 1.59. The van der Waals surface area contributed by atoms with Gasteiger partial charge in [-0.05, 0) is 30.5 Å². The van der Waals surface area contributed by atoms with Crippen LogP contribution >= 0.6 is 11.6 Å². The van der Waals surface area contributed by atoms with Gasteiger partial charge in [-0.3, -0.25) is 0 Å². The molecule has 0 amide bonds. The second-order valence-corrected chi connectivity index (χ2v) is 3.54. The van der Waals surface area contributed by atoms with Crippen LogP contribution in [0.3, 0.4) is 0 Å². The van der Waals surface area contributed by atoms with Crippen molar-refractivity contribution in [2.45, 2.75) is 20.4 Å². The maximum absolute atomic E-state index is 8.63. The number of hydrogen-bond acceptors (Lipinski definition) is 3. The SMILES string of the molecule is COc1c(C)cc(CNO)c(C)c1Cl. The molecule has 0 aliphatic rings. The Labute approximate surface area is 88.6 Å². The van der Waals surface area contributed by atoms with Crippen molar-refractivity contribution >= 4 is 11.6 Å². The molecule has 0 spiro atoms. The molecule has 2 N–H and O–H groups in total. The average molecular weight is 216 g/mol. The van der Waals surface area contributed by atoms with E-state index in [-0.39, 0.29) is 0 Å². The number of rotatable bonds is 3. The van der Waals surface area contributed by atoms with E-state index in [1.54, 1.807) is 7.11 Å². The van der Waals surface area contributed by atoms with Crippen molar-refractivity contribution in [2.24, 2.45) is 0 Å². The second-order valence-electron chi connectivity index (χ2n) is 3.16. The highest BCUT2D eigenvalue weighted by Gasteiger charge is 2.11. The normalized spacial score (nSPS) is 10.4. The minimum Gasteiger partial charge on any atom is -0.495 e. The maximum atomic E-state index is 8.63. The van der Waals surface area contributed by atoms with Gasteiger partial charge in [0, 0.05) is 6.54 Å². The third kappa shape index (κ3) is 2.00. The lowest BCUT2D eigenvalue weighted by atomic mass is 10.0. The first-order valence-electron chi connectivity index (χ1n) is 4.31. The average Bonchev–Trinajstić information content (AvgIpc) is 2.15. The lowest BCUT2D eigenvalue weighted by Gasteiger charge is -2.13. The molecular weight excluding hydrogens is 202 g/mol. The van der Waals surface area contributed by atoms with Crippen molar-refractivity contribution in [3.8, 4) is 5.75 Å². The minimum absolute atomic E-state index is 0.385. The zero-order valence-corrected chi connectivity index (χ0v) is 9.27. The van der Waals surface area contributed by atoms with E-state index in [9.17, 15) is 0 Å². The molecule has 0 atom stereocenters. The van der Waals surface area contributed by atoms with Gasteiger partial charge in [-0.15, -0.1) is 0 Å². The predicted octanol–water partition coefficient (Wildman–Crippen LogP) is 2.44. The summed E-state index contributed by atoms with van der Waals surface area (Å²) in [4.78, 5) is 0. The van der Waals surface area contributed by atoms with E-state index < -0.39 is 0 Å². The molecule has 0 aliphatic heterocycles. The van der Waals surface area contributed by atoms with Crippen LogP contribution in [0, 0.1) is 13.8 Å². The Balaban J connectivity index is 3.25. The fourth-order valence-electron chi connectivity index (χ4n) is 1.44. The maximum Gasteiger partial charge on any atom is 0.140 e. The molecule has 0 radical (unpaired) electrons. The first-order valence-corrected chi connectivity index (χ1v) is 4.69. The van der Waals surface area contributed by atoms with Crippen molar-refractivity contribution in [3.63, 3.8) is 0 Å². The molecule has 3 nitrogen and oxygen atoms in total. The van der Waals surface area contributed by atoms with Crippen LogP contribution in [-0.4, -0.2) is 12.3 Å². The molecule has 14 heavy (non-hydrogen) atoms. The van der Waals surface area contributed by atoms with E-state index in [1.165, 1.54) is 0 Å². The molecule has 0 saturated carbocycles. The minimum atomic E-state index is 0.385. The fraction of sp³-hybridized carbons (Fsp3) is 0.400. The summed E-state index contributed by atoms with van der Waals surface area (Å²) in [6.07, 6.45) is 0. The fourth-order valence-corrected chi connectivity index (χ4v) is 1.79. The molecule has 1 rings (SSSR count). The lowest BCUT2D eigenvalue weighted by Crippen LogP contribution is -2.08. The second kappa shape index (κ2) is 4.64. The van der Waals surface area contributed by atoms with E-state index >= 15 is 0 Å². The van der Waals surface area contributed by atoms with Gasteiger partial charge in [-0.25, -0.2) is 5.48 Å². The monoisotopic (exact) mass is 215 g/mol. The molecule has 78 valence electrons. The zero-order chi connectivity index (χ0) is 10.7. The van der Waals surface area contributed by atoms with E-state index in [0.717, 1.165) is 16.7 Å². The third-order valence-electron chi connectivity index (χ3n) is 2.23. The number of ether oxygens (including phenoxy) is 1. The van der Waals surface area contributed by atoms with Crippen LogP contribution in [0.2, 0.25) is 5.02 Å². The van der Waals surface area contributed by atoms with E-state index in [4.69, 9.17) is 21.5 Å². The summed E-state index contributed by atoms with van der Waals surface area (Å²) in [5.41, 5.74) is 4.98. The number of hydroxylamine groups is 1. The van der Waals surface area contributed by atoms with E-state index in [0.29, 0.717) is 17.3 Å². The number of aryl methyl sites for hydroxylation is 1. The smallest absolute Gasteiger partial charge is 0.140 e. The van der Waals surface area contributed by atoms with Gasteiger partial charge >= 0.3 is 0 Å². The van der Waals surface area contributed by atoms with Gasteiger partial charge in [0.2, 0.25) is 0 Å². The van der Waals surface area contributed by atoms with Crippen molar-refractivity contribution in [3.05, 3.63) is 27.8 Å². The largest absolute Gasteiger partial charge is 0.495 e. The Bertz CT molecular complexity index is 339. The molecule has 0 aromatic heterocycles. The van der Waals surface area contributed by atoms with Crippen molar-refractivity contribution in [1.29, 1.82) is 0 Å². The van der Waals surface area contributed by atoms with Gasteiger partial charge in [0.15, 0.2) is 0 Å². The number of benzene rings is 1. The summed E-state index contributed by atoms with van der Waals surface area (Å²) >= 11 is 6.11. The molecule has 0 aliphatic carbocycles. The number of halogens is 1. The van der Waals surface area contributed by atoms with Crippen molar-refractivity contribution in [2.75, 3.05) is 7.11 Å². The van der Waals surface area contributed by atoms with Gasteiger partial charge in [0.25, 0.3) is 0 Å². The Morgan fingerprint density at radius 2 is 2.14 bits per heavy atom. The molecule has 0 heterocycles. The lowest BCUT2D eigenvalue weighted by molar-refractivity contribution is 0.161. The van der Waals surface area contributed by atoms with Crippen LogP contribution in [0.15, 0.2) is 6.07 Å². The molecule has 0 fully saturated rings. The standard InChI is InChI=1S/C10H14ClNO2/c1-6-4-8(5-12-13)7(2)9(11)10(6)14-3/h4,12-13H,5H2,1-3H3. The summed E-state index contributed by atoms with van der Waals surface area (Å²) in [6.45, 7) is 4.21. The highest BCUT2D eigenvalue weighted by molar-refractivity contribution is 6.33. The molecule has 0 unspecified atom stereocenters. The number of hydrogen-bond donors (Lipinski definition) is 2. The van der Waals surface area contributed by atoms with Gasteiger partial charge in [0.1, 0.15) is 5.75 Å². The Morgan fingerprint density at radius 3 is 2.64 bits per heavy atom. The van der Waals surface area contributed by atoms with Crippen molar-refractivity contribution in [1.82, 2.24) is 5.48 Å².